The zero-order chi connectivity index (χ0) is 10.1. The van der Waals surface area contributed by atoms with Crippen molar-refractivity contribution >= 4 is 0 Å². The minimum absolute atomic E-state index is 1.33. The smallest absolute Gasteiger partial charge is 0.0303 e. The van der Waals surface area contributed by atoms with Crippen molar-refractivity contribution in [2.24, 2.45) is 0 Å². The van der Waals surface area contributed by atoms with Gasteiger partial charge >= 0.3 is 0 Å². The van der Waals surface area contributed by atoms with E-state index in [9.17, 15) is 0 Å². The third kappa shape index (κ3) is 12.0. The van der Waals surface area contributed by atoms with Crippen LogP contribution >= 0.6 is 0 Å². The summed E-state index contributed by atoms with van der Waals surface area (Å²) in [6, 6.07) is 0. The fraction of sp³-hybridized carbons (Fsp3) is 0.846. The normalized spacial score (nSPS) is 11.5. The first-order valence-electron chi connectivity index (χ1n) is 5.71. The third-order valence-corrected chi connectivity index (χ3v) is 2.35. The topological polar surface area (TPSA) is 0 Å². The predicted molar refractivity (Wildman–Crippen MR) is 61.5 cm³/mol. The molecule has 78 valence electrons. The van der Waals surface area contributed by atoms with E-state index >= 15 is 0 Å². The molecular formula is C13H26. The van der Waals surface area contributed by atoms with E-state index in [1.807, 2.05) is 0 Å². The highest BCUT2D eigenvalue weighted by Gasteiger charge is 1.96. The summed E-state index contributed by atoms with van der Waals surface area (Å²) >= 11 is 0. The lowest BCUT2D eigenvalue weighted by Crippen LogP contribution is -1.87. The van der Waals surface area contributed by atoms with Crippen molar-refractivity contribution in [2.45, 2.75) is 72.6 Å². The van der Waals surface area contributed by atoms with Gasteiger partial charge in [-0.15, -0.1) is 0 Å². The average Bonchev–Trinajstić information content (AvgIpc) is 2.01. The molecular weight excluding hydrogens is 156 g/mol. The van der Waals surface area contributed by atoms with Gasteiger partial charge in [0.2, 0.25) is 0 Å². The van der Waals surface area contributed by atoms with Crippen molar-refractivity contribution in [2.75, 3.05) is 0 Å². The molecule has 0 aliphatic heterocycles. The Labute approximate surface area is 85.1 Å². The van der Waals surface area contributed by atoms with Crippen LogP contribution in [0.4, 0.5) is 0 Å². The summed E-state index contributed by atoms with van der Waals surface area (Å²) in [4.78, 5) is 0. The summed E-state index contributed by atoms with van der Waals surface area (Å²) in [5.74, 6) is 3.16. The molecule has 0 spiro atoms. The summed E-state index contributed by atoms with van der Waals surface area (Å²) in [7, 11) is 0. The largest absolute Gasteiger partial charge is 0.0594 e. The van der Waals surface area contributed by atoms with Crippen LogP contribution in [-0.2, 0) is 0 Å². The molecule has 0 bridgehead atoms. The monoisotopic (exact) mass is 182 g/mol. The molecule has 0 saturated carbocycles. The average molecular weight is 182 g/mol. The fourth-order valence-electron chi connectivity index (χ4n) is 1.49. The van der Waals surface area contributed by atoms with Crippen molar-refractivity contribution in [3.63, 3.8) is 0 Å². The first-order chi connectivity index (χ1) is 6.13. The van der Waals surface area contributed by atoms with Gasteiger partial charge < -0.3 is 0 Å². The lowest BCUT2D eigenvalue weighted by Gasteiger charge is -2.05. The van der Waals surface area contributed by atoms with Crippen LogP contribution in [0.25, 0.3) is 0 Å². The molecule has 0 fully saturated rings. The van der Waals surface area contributed by atoms with E-state index in [0.717, 1.165) is 0 Å². The highest BCUT2D eigenvalue weighted by molar-refractivity contribution is 4.76. The maximum absolute atomic E-state index is 2.23. The summed E-state index contributed by atoms with van der Waals surface area (Å²) in [6.07, 6.45) is 9.74. The fourth-order valence-corrected chi connectivity index (χ4v) is 1.49. The highest BCUT2D eigenvalue weighted by atomic mass is 14.0. The van der Waals surface area contributed by atoms with E-state index in [1.165, 1.54) is 44.9 Å². The summed E-state index contributed by atoms with van der Waals surface area (Å²) in [5, 5.41) is 0. The Kier molecular flexibility index (Phi) is 8.59. The Hall–Kier alpha value is 0. The Morgan fingerprint density at radius 1 is 0.538 bits per heavy atom. The van der Waals surface area contributed by atoms with Crippen molar-refractivity contribution < 1.29 is 0 Å². The van der Waals surface area contributed by atoms with Crippen LogP contribution in [0.2, 0.25) is 0 Å². The maximum Gasteiger partial charge on any atom is -0.0303 e. The Bertz CT molecular complexity index is 80.2. The number of unbranched alkanes of at least 4 members (excludes halogenated alkanes) is 4. The van der Waals surface area contributed by atoms with E-state index < -0.39 is 0 Å². The minimum Gasteiger partial charge on any atom is -0.0594 e. The molecule has 2 radical (unpaired) electrons. The molecule has 0 N–H and O–H groups in total. The number of hydrogen-bond acceptors (Lipinski definition) is 0. The second-order valence-electron chi connectivity index (χ2n) is 4.68. The van der Waals surface area contributed by atoms with Crippen LogP contribution in [0.5, 0.6) is 0 Å². The van der Waals surface area contributed by atoms with E-state index in [-0.39, 0.29) is 0 Å². The van der Waals surface area contributed by atoms with E-state index in [0.29, 0.717) is 0 Å². The van der Waals surface area contributed by atoms with E-state index in [4.69, 9.17) is 0 Å². The Balaban J connectivity index is 2.92. The molecule has 0 atom stereocenters. The molecule has 0 aromatic heterocycles. The molecule has 0 aromatic rings. The molecule has 0 heteroatoms. The van der Waals surface area contributed by atoms with Crippen LogP contribution in [0.3, 0.4) is 0 Å². The first kappa shape index (κ1) is 13.0. The van der Waals surface area contributed by atoms with Gasteiger partial charge in [0.1, 0.15) is 0 Å². The second kappa shape index (κ2) is 8.59. The molecule has 0 unspecified atom stereocenters. The van der Waals surface area contributed by atoms with Crippen LogP contribution in [0.1, 0.15) is 72.6 Å². The number of rotatable bonds is 8. The molecule has 13 heavy (non-hydrogen) atoms. The van der Waals surface area contributed by atoms with E-state index in [2.05, 4.69) is 27.7 Å². The van der Waals surface area contributed by atoms with Crippen molar-refractivity contribution in [1.82, 2.24) is 0 Å². The molecule has 0 saturated heterocycles. The van der Waals surface area contributed by atoms with Gasteiger partial charge in [-0.1, -0.05) is 59.8 Å². The second-order valence-corrected chi connectivity index (χ2v) is 4.68. The molecule has 0 aliphatic carbocycles. The zero-order valence-electron chi connectivity index (χ0n) is 9.95. The molecule has 0 amide bonds. The van der Waals surface area contributed by atoms with Gasteiger partial charge in [0, 0.05) is 0 Å². The molecule has 0 nitrogen and oxygen atoms in total. The summed E-state index contributed by atoms with van der Waals surface area (Å²) in [5.41, 5.74) is 0. The van der Waals surface area contributed by atoms with Gasteiger partial charge in [-0.05, 0) is 24.7 Å². The Morgan fingerprint density at radius 3 is 1.15 bits per heavy atom. The standard InChI is InChI=1S/C13H26/c1-12(2)10-8-6-5-7-9-11-13(3)4/h5-11H2,1-4H3. The summed E-state index contributed by atoms with van der Waals surface area (Å²) < 4.78 is 0. The van der Waals surface area contributed by atoms with Gasteiger partial charge in [0.15, 0.2) is 0 Å². The van der Waals surface area contributed by atoms with Crippen molar-refractivity contribution in [3.05, 3.63) is 11.8 Å². The molecule has 0 aromatic carbocycles. The number of hydrogen-bond donors (Lipinski definition) is 0. The first-order valence-corrected chi connectivity index (χ1v) is 5.71. The zero-order valence-corrected chi connectivity index (χ0v) is 9.95. The van der Waals surface area contributed by atoms with Crippen LogP contribution in [0, 0.1) is 11.8 Å². The van der Waals surface area contributed by atoms with Gasteiger partial charge in [-0.2, -0.15) is 0 Å². The lowest BCUT2D eigenvalue weighted by molar-refractivity contribution is 0.587. The van der Waals surface area contributed by atoms with Crippen molar-refractivity contribution in [3.8, 4) is 0 Å². The molecule has 0 heterocycles. The van der Waals surface area contributed by atoms with Gasteiger partial charge in [-0.25, -0.2) is 0 Å². The molecule has 0 rings (SSSR count). The van der Waals surface area contributed by atoms with Crippen molar-refractivity contribution in [1.29, 1.82) is 0 Å². The maximum atomic E-state index is 2.23. The SMILES string of the molecule is C[C](C)CCCCCCC[C](C)C. The van der Waals surface area contributed by atoms with E-state index in [1.54, 1.807) is 11.8 Å². The van der Waals surface area contributed by atoms with Gasteiger partial charge in [-0.3, -0.25) is 0 Å². The van der Waals surface area contributed by atoms with Crippen LogP contribution in [-0.4, -0.2) is 0 Å². The Morgan fingerprint density at radius 2 is 0.846 bits per heavy atom. The molecule has 0 aliphatic rings. The highest BCUT2D eigenvalue weighted by Crippen LogP contribution is 2.14. The lowest BCUT2D eigenvalue weighted by atomic mass is 10.0. The van der Waals surface area contributed by atoms with Gasteiger partial charge in [0.05, 0.1) is 0 Å². The predicted octanol–water partition coefficient (Wildman–Crippen LogP) is 4.95. The minimum atomic E-state index is 1.33. The van der Waals surface area contributed by atoms with Gasteiger partial charge in [0.25, 0.3) is 0 Å². The van der Waals surface area contributed by atoms with Crippen LogP contribution < -0.4 is 0 Å². The third-order valence-electron chi connectivity index (χ3n) is 2.35. The summed E-state index contributed by atoms with van der Waals surface area (Å²) in [6.45, 7) is 8.93. The quantitative estimate of drug-likeness (QED) is 0.466. The van der Waals surface area contributed by atoms with Crippen LogP contribution in [0.15, 0.2) is 0 Å².